The lowest BCUT2D eigenvalue weighted by Gasteiger charge is -2.11. The molecule has 3 rings (SSSR count). The fourth-order valence-electron chi connectivity index (χ4n) is 2.82. The fraction of sp³-hybridized carbons (Fsp3) is 0.300. The molecule has 1 heterocycles. The number of fused-ring (bicyclic) bond motifs is 1. The van der Waals surface area contributed by atoms with E-state index >= 15 is 0 Å². The van der Waals surface area contributed by atoms with E-state index in [0.717, 1.165) is 15.9 Å². The van der Waals surface area contributed by atoms with E-state index in [0.29, 0.717) is 23.5 Å². The SMILES string of the molecule is COCCn1c(=NC(=O)c2ccc(N(C)C)cc2)sc2cc(S(C)(=O)=O)ccc21. The standard InChI is InChI=1S/C20H23N3O4S2/c1-22(2)15-7-5-14(6-8-15)19(24)21-20-23(11-12-27-3)17-10-9-16(29(4,25)26)13-18(17)28-20/h5-10,13H,11-12H2,1-4H3. The molecule has 0 aliphatic carbocycles. The van der Waals surface area contributed by atoms with E-state index in [1.54, 1.807) is 37.4 Å². The molecule has 3 aromatic rings. The van der Waals surface area contributed by atoms with Crippen LogP contribution in [0.25, 0.3) is 10.2 Å². The molecule has 1 aromatic heterocycles. The van der Waals surface area contributed by atoms with Crippen molar-refractivity contribution in [3.63, 3.8) is 0 Å². The van der Waals surface area contributed by atoms with Gasteiger partial charge < -0.3 is 14.2 Å². The number of amides is 1. The van der Waals surface area contributed by atoms with Crippen LogP contribution in [-0.2, 0) is 21.1 Å². The van der Waals surface area contributed by atoms with Crippen LogP contribution >= 0.6 is 11.3 Å². The second-order valence-corrected chi connectivity index (χ2v) is 9.81. The molecular formula is C20H23N3O4S2. The van der Waals surface area contributed by atoms with Crippen molar-refractivity contribution in [1.29, 1.82) is 0 Å². The highest BCUT2D eigenvalue weighted by atomic mass is 32.2. The molecule has 0 spiro atoms. The molecule has 9 heteroatoms. The molecule has 0 saturated heterocycles. The zero-order valence-corrected chi connectivity index (χ0v) is 18.4. The van der Waals surface area contributed by atoms with Crippen molar-refractivity contribution in [1.82, 2.24) is 4.57 Å². The van der Waals surface area contributed by atoms with Crippen LogP contribution in [0.5, 0.6) is 0 Å². The zero-order chi connectivity index (χ0) is 21.2. The quantitative estimate of drug-likeness (QED) is 0.597. The summed E-state index contributed by atoms with van der Waals surface area (Å²) in [5.74, 6) is -0.351. The van der Waals surface area contributed by atoms with Crippen molar-refractivity contribution in [3.8, 4) is 0 Å². The van der Waals surface area contributed by atoms with E-state index in [4.69, 9.17) is 4.74 Å². The Balaban J connectivity index is 2.09. The van der Waals surface area contributed by atoms with E-state index in [9.17, 15) is 13.2 Å². The summed E-state index contributed by atoms with van der Waals surface area (Å²) in [6, 6.07) is 12.2. The van der Waals surface area contributed by atoms with Crippen LogP contribution in [0.3, 0.4) is 0 Å². The van der Waals surface area contributed by atoms with Gasteiger partial charge in [-0.15, -0.1) is 0 Å². The Morgan fingerprint density at radius 1 is 1.17 bits per heavy atom. The van der Waals surface area contributed by atoms with Gasteiger partial charge in [0.25, 0.3) is 5.91 Å². The molecule has 0 fully saturated rings. The summed E-state index contributed by atoms with van der Waals surface area (Å²) < 4.78 is 31.6. The molecule has 0 bridgehead atoms. The predicted octanol–water partition coefficient (Wildman–Crippen LogP) is 2.56. The number of thiazole rings is 1. The summed E-state index contributed by atoms with van der Waals surface area (Å²) in [7, 11) is 2.15. The lowest BCUT2D eigenvalue weighted by atomic mass is 10.2. The Hall–Kier alpha value is -2.49. The molecule has 0 aliphatic heterocycles. The second kappa shape index (κ2) is 8.48. The lowest BCUT2D eigenvalue weighted by molar-refractivity contribution is 0.0997. The minimum absolute atomic E-state index is 0.238. The number of hydrogen-bond acceptors (Lipinski definition) is 6. The number of aromatic nitrogens is 1. The number of sulfone groups is 1. The number of nitrogens with zero attached hydrogens (tertiary/aromatic N) is 3. The van der Waals surface area contributed by atoms with Gasteiger partial charge in [0.2, 0.25) is 0 Å². The van der Waals surface area contributed by atoms with E-state index in [1.807, 2.05) is 35.7 Å². The largest absolute Gasteiger partial charge is 0.383 e. The highest BCUT2D eigenvalue weighted by Crippen LogP contribution is 2.22. The van der Waals surface area contributed by atoms with Gasteiger partial charge in [-0.1, -0.05) is 11.3 Å². The van der Waals surface area contributed by atoms with E-state index < -0.39 is 9.84 Å². The van der Waals surface area contributed by atoms with Crippen LogP contribution in [0.4, 0.5) is 5.69 Å². The minimum atomic E-state index is -3.32. The number of ether oxygens (including phenoxy) is 1. The molecule has 1 amide bonds. The maximum atomic E-state index is 12.7. The molecule has 0 atom stereocenters. The first-order chi connectivity index (χ1) is 13.7. The van der Waals surface area contributed by atoms with Gasteiger partial charge in [0, 0.05) is 45.3 Å². The van der Waals surface area contributed by atoms with Crippen LogP contribution < -0.4 is 9.70 Å². The summed E-state index contributed by atoms with van der Waals surface area (Å²) in [4.78, 5) is 19.7. The molecule has 0 aliphatic rings. The molecule has 0 radical (unpaired) electrons. The Kier molecular flexibility index (Phi) is 6.21. The molecule has 2 aromatic carbocycles. The Bertz CT molecular complexity index is 1210. The lowest BCUT2D eigenvalue weighted by Crippen LogP contribution is -2.19. The van der Waals surface area contributed by atoms with Crippen LogP contribution in [0.1, 0.15) is 10.4 Å². The van der Waals surface area contributed by atoms with Gasteiger partial charge in [-0.25, -0.2) is 8.42 Å². The average molecular weight is 434 g/mol. The van der Waals surface area contributed by atoms with E-state index in [-0.39, 0.29) is 10.8 Å². The van der Waals surface area contributed by atoms with Crippen molar-refractivity contribution in [3.05, 3.63) is 52.8 Å². The van der Waals surface area contributed by atoms with Gasteiger partial charge in [-0.05, 0) is 42.5 Å². The summed E-state index contributed by atoms with van der Waals surface area (Å²) in [5, 5.41) is 0. The van der Waals surface area contributed by atoms with Crippen molar-refractivity contribution in [2.45, 2.75) is 11.4 Å². The molecular weight excluding hydrogens is 410 g/mol. The highest BCUT2D eigenvalue weighted by Gasteiger charge is 2.13. The summed E-state index contributed by atoms with van der Waals surface area (Å²) >= 11 is 1.28. The van der Waals surface area contributed by atoms with E-state index in [2.05, 4.69) is 4.99 Å². The van der Waals surface area contributed by atoms with Crippen LogP contribution in [0.15, 0.2) is 52.4 Å². The van der Waals surface area contributed by atoms with Gasteiger partial charge in [0.05, 0.1) is 21.7 Å². The third-order valence-corrected chi connectivity index (χ3v) is 6.58. The smallest absolute Gasteiger partial charge is 0.279 e. The average Bonchev–Trinajstić information content (AvgIpc) is 3.01. The highest BCUT2D eigenvalue weighted by molar-refractivity contribution is 7.90. The summed E-state index contributed by atoms with van der Waals surface area (Å²) in [5.41, 5.74) is 2.30. The summed E-state index contributed by atoms with van der Waals surface area (Å²) in [6.07, 6.45) is 1.17. The van der Waals surface area contributed by atoms with Crippen LogP contribution in [0, 0.1) is 0 Å². The van der Waals surface area contributed by atoms with Gasteiger partial charge >= 0.3 is 0 Å². The van der Waals surface area contributed by atoms with Crippen molar-refractivity contribution < 1.29 is 17.9 Å². The van der Waals surface area contributed by atoms with Gasteiger partial charge in [0.1, 0.15) is 0 Å². The van der Waals surface area contributed by atoms with Crippen molar-refractivity contribution >= 4 is 43.0 Å². The number of methoxy groups -OCH3 is 1. The zero-order valence-electron chi connectivity index (χ0n) is 16.7. The fourth-order valence-corrected chi connectivity index (χ4v) is 4.64. The molecule has 0 N–H and O–H groups in total. The number of benzene rings is 2. The topological polar surface area (TPSA) is 81.0 Å². The molecule has 7 nitrogen and oxygen atoms in total. The van der Waals surface area contributed by atoms with Crippen LogP contribution in [-0.4, -0.2) is 53.0 Å². The third-order valence-electron chi connectivity index (χ3n) is 4.43. The third kappa shape index (κ3) is 4.75. The Morgan fingerprint density at radius 3 is 2.45 bits per heavy atom. The Labute approximate surface area is 173 Å². The molecule has 29 heavy (non-hydrogen) atoms. The van der Waals surface area contributed by atoms with Crippen molar-refractivity contribution in [2.24, 2.45) is 4.99 Å². The number of rotatable bonds is 6. The van der Waals surface area contributed by atoms with Crippen LogP contribution in [0.2, 0.25) is 0 Å². The Morgan fingerprint density at radius 2 is 1.86 bits per heavy atom. The molecule has 154 valence electrons. The first-order valence-corrected chi connectivity index (χ1v) is 11.6. The maximum absolute atomic E-state index is 12.7. The monoisotopic (exact) mass is 433 g/mol. The van der Waals surface area contributed by atoms with Gasteiger partial charge in [-0.3, -0.25) is 4.79 Å². The number of hydrogen-bond donors (Lipinski definition) is 0. The van der Waals surface area contributed by atoms with Gasteiger partial charge in [-0.2, -0.15) is 4.99 Å². The van der Waals surface area contributed by atoms with Gasteiger partial charge in [0.15, 0.2) is 14.6 Å². The number of carbonyl (C=O) groups is 1. The minimum Gasteiger partial charge on any atom is -0.383 e. The maximum Gasteiger partial charge on any atom is 0.279 e. The predicted molar refractivity (Wildman–Crippen MR) is 115 cm³/mol. The van der Waals surface area contributed by atoms with E-state index in [1.165, 1.54) is 17.6 Å². The summed E-state index contributed by atoms with van der Waals surface area (Å²) in [6.45, 7) is 0.943. The first kappa shape index (κ1) is 21.2. The number of anilines is 1. The normalized spacial score (nSPS) is 12.5. The second-order valence-electron chi connectivity index (χ2n) is 6.79. The van der Waals surface area contributed by atoms with Crippen molar-refractivity contribution in [2.75, 3.05) is 39.0 Å². The first-order valence-electron chi connectivity index (χ1n) is 8.89. The molecule has 0 saturated carbocycles. The molecule has 0 unspecified atom stereocenters. The number of carbonyl (C=O) groups excluding carboxylic acids is 1.